The van der Waals surface area contributed by atoms with E-state index in [0.717, 1.165) is 48.2 Å². The highest BCUT2D eigenvalue weighted by atomic mass is 16.5. The highest BCUT2D eigenvalue weighted by Gasteiger charge is 2.10. The van der Waals surface area contributed by atoms with Crippen molar-refractivity contribution >= 4 is 5.69 Å². The lowest BCUT2D eigenvalue weighted by molar-refractivity contribution is 0.239. The van der Waals surface area contributed by atoms with Gasteiger partial charge in [-0.25, -0.2) is 0 Å². The molecule has 3 aromatic rings. The summed E-state index contributed by atoms with van der Waals surface area (Å²) in [6, 6.07) is 28.2. The Labute approximate surface area is 216 Å². The lowest BCUT2D eigenvalue weighted by Crippen LogP contribution is -2.24. The highest BCUT2D eigenvalue weighted by molar-refractivity contribution is 5.60. The van der Waals surface area contributed by atoms with Gasteiger partial charge in [-0.15, -0.1) is 5.92 Å². The Bertz CT molecular complexity index is 1160. The van der Waals surface area contributed by atoms with E-state index in [9.17, 15) is 0 Å². The lowest BCUT2D eigenvalue weighted by Gasteiger charge is -2.23. The minimum atomic E-state index is 0.502. The predicted octanol–water partition coefficient (Wildman–Crippen LogP) is 6.19. The molecule has 0 spiro atoms. The summed E-state index contributed by atoms with van der Waals surface area (Å²) >= 11 is 0. The number of para-hydroxylation sites is 2. The number of methoxy groups -OCH3 is 1. The van der Waals surface area contributed by atoms with Crippen molar-refractivity contribution in [3.63, 3.8) is 0 Å². The summed E-state index contributed by atoms with van der Waals surface area (Å²) < 4.78 is 11.1. The molecule has 3 rings (SSSR count). The Balaban J connectivity index is 1.64. The van der Waals surface area contributed by atoms with Gasteiger partial charge in [0.15, 0.2) is 0 Å². The number of unbranched alkanes of at least 4 members (excludes halogenated alkanes) is 3. The fraction of sp³-hybridized carbons (Fsp3) is 0.273. The van der Waals surface area contributed by atoms with Gasteiger partial charge in [0, 0.05) is 24.7 Å². The fourth-order valence-electron chi connectivity index (χ4n) is 3.47. The maximum absolute atomic E-state index is 6.20. The maximum atomic E-state index is 6.20. The molecule has 0 aliphatic heterocycles. The third kappa shape index (κ3) is 10.0. The second-order valence-electron chi connectivity index (χ2n) is 8.11. The zero-order valence-corrected chi connectivity index (χ0v) is 21.0. The molecule has 3 heteroatoms. The minimum Gasteiger partial charge on any atom is -0.491 e. The minimum absolute atomic E-state index is 0.502. The summed E-state index contributed by atoms with van der Waals surface area (Å²) in [6.45, 7) is 2.28. The molecule has 182 valence electrons. The van der Waals surface area contributed by atoms with Gasteiger partial charge in [-0.2, -0.15) is 0 Å². The van der Waals surface area contributed by atoms with Gasteiger partial charge in [-0.3, -0.25) is 0 Å². The van der Waals surface area contributed by atoms with Gasteiger partial charge in [-0.1, -0.05) is 78.1 Å². The van der Waals surface area contributed by atoms with Crippen LogP contribution in [0.15, 0.2) is 84.9 Å². The molecule has 0 amide bonds. The lowest BCUT2D eigenvalue weighted by atomic mass is 10.2. The van der Waals surface area contributed by atoms with Crippen LogP contribution in [0.25, 0.3) is 0 Å². The van der Waals surface area contributed by atoms with Crippen molar-refractivity contribution < 1.29 is 9.47 Å². The molecule has 0 N–H and O–H groups in total. The van der Waals surface area contributed by atoms with Crippen LogP contribution in [-0.2, 0) is 4.74 Å². The highest BCUT2D eigenvalue weighted by Crippen LogP contribution is 2.28. The molecule has 0 fully saturated rings. The molecule has 3 nitrogen and oxygen atoms in total. The molecule has 0 unspecified atom stereocenters. The summed E-state index contributed by atoms with van der Waals surface area (Å²) in [5, 5.41) is 0. The number of hydrogen-bond donors (Lipinski definition) is 0. The molecule has 0 atom stereocenters. The van der Waals surface area contributed by atoms with E-state index in [0.29, 0.717) is 26.3 Å². The van der Waals surface area contributed by atoms with Gasteiger partial charge in [0.05, 0.1) is 25.4 Å². The van der Waals surface area contributed by atoms with Gasteiger partial charge < -0.3 is 14.4 Å². The van der Waals surface area contributed by atoms with Crippen LogP contribution < -0.4 is 9.64 Å². The molecule has 0 aliphatic rings. The second-order valence-corrected chi connectivity index (χ2v) is 8.11. The van der Waals surface area contributed by atoms with E-state index in [2.05, 4.69) is 46.5 Å². The van der Waals surface area contributed by atoms with E-state index in [1.54, 1.807) is 7.11 Å². The fourth-order valence-corrected chi connectivity index (χ4v) is 3.47. The van der Waals surface area contributed by atoms with E-state index in [4.69, 9.17) is 9.47 Å². The Morgan fingerprint density at radius 2 is 1.25 bits per heavy atom. The van der Waals surface area contributed by atoms with Crippen LogP contribution in [0.1, 0.15) is 36.8 Å². The molecule has 0 aromatic heterocycles. The Kier molecular flexibility index (Phi) is 12.2. The molecule has 0 radical (unpaired) electrons. The first-order valence-electron chi connectivity index (χ1n) is 12.4. The zero-order chi connectivity index (χ0) is 25.1. The average molecular weight is 476 g/mol. The third-order valence-electron chi connectivity index (χ3n) is 5.30. The van der Waals surface area contributed by atoms with Crippen molar-refractivity contribution in [3.8, 4) is 41.3 Å². The average Bonchev–Trinajstić information content (AvgIpc) is 2.93. The van der Waals surface area contributed by atoms with Crippen molar-refractivity contribution in [1.29, 1.82) is 0 Å². The summed E-state index contributed by atoms with van der Waals surface area (Å²) in [6.07, 6.45) is 4.03. The summed E-state index contributed by atoms with van der Waals surface area (Å²) in [7, 11) is 1.66. The molecule has 0 heterocycles. The van der Waals surface area contributed by atoms with Crippen molar-refractivity contribution in [1.82, 2.24) is 0 Å². The van der Waals surface area contributed by atoms with E-state index in [1.807, 2.05) is 78.9 Å². The topological polar surface area (TPSA) is 21.7 Å². The molecular formula is C33H33NO2. The van der Waals surface area contributed by atoms with Crippen molar-refractivity contribution in [3.05, 3.63) is 96.1 Å². The van der Waals surface area contributed by atoms with Crippen LogP contribution in [0.3, 0.4) is 0 Å². The first-order valence-corrected chi connectivity index (χ1v) is 12.4. The largest absolute Gasteiger partial charge is 0.491 e. The summed E-state index contributed by atoms with van der Waals surface area (Å²) in [5.74, 6) is 20.1. The number of benzene rings is 3. The van der Waals surface area contributed by atoms with Crippen molar-refractivity contribution in [2.24, 2.45) is 0 Å². The van der Waals surface area contributed by atoms with E-state index < -0.39 is 0 Å². The first kappa shape index (κ1) is 26.5. The van der Waals surface area contributed by atoms with Crippen LogP contribution in [0, 0.1) is 35.5 Å². The molecule has 0 aliphatic carbocycles. The van der Waals surface area contributed by atoms with Gasteiger partial charge in [0.25, 0.3) is 0 Å². The van der Waals surface area contributed by atoms with E-state index in [1.165, 1.54) is 0 Å². The van der Waals surface area contributed by atoms with Crippen LogP contribution >= 0.6 is 0 Å². The van der Waals surface area contributed by atoms with Gasteiger partial charge in [0.2, 0.25) is 0 Å². The van der Waals surface area contributed by atoms with E-state index in [-0.39, 0.29) is 0 Å². The van der Waals surface area contributed by atoms with Gasteiger partial charge >= 0.3 is 0 Å². The van der Waals surface area contributed by atoms with Crippen LogP contribution in [0.2, 0.25) is 0 Å². The normalized spacial score (nSPS) is 9.58. The Morgan fingerprint density at radius 1 is 0.639 bits per heavy atom. The molecule has 0 saturated heterocycles. The number of anilines is 1. The zero-order valence-electron chi connectivity index (χ0n) is 21.0. The quantitative estimate of drug-likeness (QED) is 0.258. The van der Waals surface area contributed by atoms with Gasteiger partial charge in [0.1, 0.15) is 12.4 Å². The first-order chi connectivity index (χ1) is 17.9. The standard InChI is InChI=1S/C33H33NO2/c1-35-28-14-4-2-3-5-15-29-36-33-25-13-12-24-32(33)34(26-16-22-30-18-8-6-9-19-30)27-17-23-31-20-10-7-11-21-31/h6-13,18-21,24-25H,2-3,5,15,26-29H2,1H3. The SMILES string of the molecule is COCC#CCCCCCOc1ccccc1N(CC#Cc1ccccc1)CC#Cc1ccccc1. The van der Waals surface area contributed by atoms with Crippen molar-refractivity contribution in [2.75, 3.05) is 38.3 Å². The van der Waals surface area contributed by atoms with Crippen LogP contribution in [0.5, 0.6) is 5.75 Å². The Hall–Kier alpha value is -4.10. The Morgan fingerprint density at radius 3 is 1.89 bits per heavy atom. The molecule has 36 heavy (non-hydrogen) atoms. The summed E-state index contributed by atoms with van der Waals surface area (Å²) in [5.41, 5.74) is 3.01. The summed E-state index contributed by atoms with van der Waals surface area (Å²) in [4.78, 5) is 2.17. The third-order valence-corrected chi connectivity index (χ3v) is 5.30. The monoisotopic (exact) mass is 475 g/mol. The van der Waals surface area contributed by atoms with Crippen LogP contribution in [-0.4, -0.2) is 33.4 Å². The van der Waals surface area contributed by atoms with Gasteiger partial charge in [-0.05, 0) is 55.7 Å². The molecule has 0 bridgehead atoms. The number of ether oxygens (including phenoxy) is 2. The van der Waals surface area contributed by atoms with Crippen LogP contribution in [0.4, 0.5) is 5.69 Å². The maximum Gasteiger partial charge on any atom is 0.142 e. The molecule has 3 aromatic carbocycles. The predicted molar refractivity (Wildman–Crippen MR) is 149 cm³/mol. The van der Waals surface area contributed by atoms with E-state index >= 15 is 0 Å². The number of rotatable bonds is 10. The van der Waals surface area contributed by atoms with Crippen molar-refractivity contribution in [2.45, 2.75) is 25.7 Å². The molecule has 0 saturated carbocycles. The smallest absolute Gasteiger partial charge is 0.142 e. The second kappa shape index (κ2) is 16.5. The number of nitrogens with zero attached hydrogens (tertiary/aromatic N) is 1. The molecular weight excluding hydrogens is 442 g/mol. The number of hydrogen-bond acceptors (Lipinski definition) is 3.